The molecule has 1 atom stereocenters. The number of furan rings is 1. The topological polar surface area (TPSA) is 95.5 Å². The van der Waals surface area contributed by atoms with E-state index in [-0.39, 0.29) is 17.7 Å². The van der Waals surface area contributed by atoms with Gasteiger partial charge < -0.3 is 9.52 Å². The largest absolute Gasteiger partial charge is 0.508 e. The fraction of sp³-hybridized carbons (Fsp3) is 0.100. The molecule has 134 valence electrons. The third kappa shape index (κ3) is 3.22. The number of amides is 1. The number of phenols is 1. The first-order chi connectivity index (χ1) is 13.2. The summed E-state index contributed by atoms with van der Waals surface area (Å²) >= 11 is 0. The number of carbonyl (C=O) groups excluding carboxylic acids is 1. The van der Waals surface area contributed by atoms with Crippen molar-refractivity contribution in [2.75, 3.05) is 0 Å². The minimum Gasteiger partial charge on any atom is -0.508 e. The molecule has 1 aliphatic heterocycles. The molecule has 1 N–H and O–H groups in total. The molecule has 1 amide bonds. The highest BCUT2D eigenvalue weighted by Gasteiger charge is 2.34. The Morgan fingerprint density at radius 1 is 1.11 bits per heavy atom. The van der Waals surface area contributed by atoms with Crippen LogP contribution in [0.2, 0.25) is 0 Å². The highest BCUT2D eigenvalue weighted by atomic mass is 16.3. The van der Waals surface area contributed by atoms with Crippen molar-refractivity contribution >= 4 is 17.3 Å². The van der Waals surface area contributed by atoms with Crippen molar-refractivity contribution in [2.45, 2.75) is 12.5 Å². The third-order valence-electron chi connectivity index (χ3n) is 4.42. The van der Waals surface area contributed by atoms with E-state index in [2.05, 4.69) is 10.3 Å². The maximum absolute atomic E-state index is 13.0. The van der Waals surface area contributed by atoms with E-state index in [4.69, 9.17) is 4.42 Å². The molecule has 7 heteroatoms. The summed E-state index contributed by atoms with van der Waals surface area (Å²) in [6.07, 6.45) is 2.03. The Balaban J connectivity index is 1.71. The Kier molecular flexibility index (Phi) is 4.25. The summed E-state index contributed by atoms with van der Waals surface area (Å²) in [6, 6.07) is 16.0. The number of benzene rings is 2. The third-order valence-corrected chi connectivity index (χ3v) is 4.42. The minimum atomic E-state index is -0.341. The Bertz CT molecular complexity index is 993. The smallest absolute Gasteiger partial charge is 0.274 e. The molecule has 0 fully saturated rings. The zero-order chi connectivity index (χ0) is 18.8. The van der Waals surface area contributed by atoms with Gasteiger partial charge in [-0.25, -0.2) is 5.01 Å². The van der Waals surface area contributed by atoms with Crippen LogP contribution in [0.15, 0.2) is 81.6 Å². The van der Waals surface area contributed by atoms with Crippen LogP contribution in [0.25, 0.3) is 0 Å². The van der Waals surface area contributed by atoms with Crippen molar-refractivity contribution in [3.8, 4) is 5.75 Å². The second-order valence-corrected chi connectivity index (χ2v) is 6.12. The summed E-state index contributed by atoms with van der Waals surface area (Å²) in [6.45, 7) is 0. The van der Waals surface area contributed by atoms with Gasteiger partial charge in [-0.1, -0.05) is 12.1 Å². The van der Waals surface area contributed by atoms with Gasteiger partial charge in [0.25, 0.3) is 5.91 Å². The molecular weight excluding hydrogens is 346 g/mol. The predicted octanol–water partition coefficient (Wildman–Crippen LogP) is 4.37. The number of nitroso groups, excluding NO2 is 1. The zero-order valence-electron chi connectivity index (χ0n) is 14.1. The normalized spacial score (nSPS) is 16.2. The van der Waals surface area contributed by atoms with Gasteiger partial charge in [-0.15, -0.1) is 4.91 Å². The predicted molar refractivity (Wildman–Crippen MR) is 98.8 cm³/mol. The number of hydrazone groups is 1. The summed E-state index contributed by atoms with van der Waals surface area (Å²) in [5, 5.41) is 18.3. The zero-order valence-corrected chi connectivity index (χ0v) is 14.1. The van der Waals surface area contributed by atoms with Gasteiger partial charge in [-0.2, -0.15) is 5.10 Å². The number of rotatable bonds is 4. The quantitative estimate of drug-likeness (QED) is 0.698. The van der Waals surface area contributed by atoms with E-state index >= 15 is 0 Å². The fourth-order valence-electron chi connectivity index (χ4n) is 3.04. The summed E-state index contributed by atoms with van der Waals surface area (Å²) < 4.78 is 5.43. The van der Waals surface area contributed by atoms with Crippen molar-refractivity contribution in [2.24, 2.45) is 10.3 Å². The fourth-order valence-corrected chi connectivity index (χ4v) is 3.04. The molecule has 0 spiro atoms. The van der Waals surface area contributed by atoms with E-state index in [0.29, 0.717) is 29.1 Å². The van der Waals surface area contributed by atoms with Gasteiger partial charge in [0.2, 0.25) is 0 Å². The van der Waals surface area contributed by atoms with Gasteiger partial charge in [-0.3, -0.25) is 4.79 Å². The van der Waals surface area contributed by atoms with Gasteiger partial charge in [-0.05, 0) is 59.3 Å². The van der Waals surface area contributed by atoms with E-state index < -0.39 is 0 Å². The number of hydrogen-bond acceptors (Lipinski definition) is 6. The first-order valence-electron chi connectivity index (χ1n) is 8.33. The molecular formula is C20H15N3O4. The maximum Gasteiger partial charge on any atom is 0.274 e. The van der Waals surface area contributed by atoms with E-state index in [9.17, 15) is 14.8 Å². The van der Waals surface area contributed by atoms with Crippen molar-refractivity contribution in [3.05, 3.63) is 88.7 Å². The number of hydrogen-bond donors (Lipinski definition) is 1. The Hall–Kier alpha value is -3.74. The molecule has 1 aromatic heterocycles. The van der Waals surface area contributed by atoms with E-state index in [0.717, 1.165) is 5.56 Å². The second-order valence-electron chi connectivity index (χ2n) is 6.12. The SMILES string of the molecule is O=Nc1ccc(C2CC(c3ccco3)=NN2C(=O)c2ccc(O)cc2)cc1. The Morgan fingerprint density at radius 2 is 1.85 bits per heavy atom. The molecule has 1 aliphatic rings. The highest BCUT2D eigenvalue weighted by Crippen LogP contribution is 2.34. The van der Waals surface area contributed by atoms with Crippen molar-refractivity contribution in [1.82, 2.24) is 5.01 Å². The molecule has 1 unspecified atom stereocenters. The molecule has 27 heavy (non-hydrogen) atoms. The van der Waals surface area contributed by atoms with Crippen molar-refractivity contribution in [3.63, 3.8) is 0 Å². The molecule has 0 saturated heterocycles. The van der Waals surface area contributed by atoms with Gasteiger partial charge in [0, 0.05) is 12.0 Å². The molecule has 3 aromatic rings. The van der Waals surface area contributed by atoms with Crippen molar-refractivity contribution < 1.29 is 14.3 Å². The molecule has 2 heterocycles. The van der Waals surface area contributed by atoms with E-state index in [1.807, 2.05) is 0 Å². The van der Waals surface area contributed by atoms with Gasteiger partial charge in [0.1, 0.15) is 22.9 Å². The van der Waals surface area contributed by atoms with Crippen LogP contribution in [0, 0.1) is 4.91 Å². The lowest BCUT2D eigenvalue weighted by Gasteiger charge is -2.22. The molecule has 2 aromatic carbocycles. The molecule has 0 aliphatic carbocycles. The Morgan fingerprint density at radius 3 is 2.48 bits per heavy atom. The maximum atomic E-state index is 13.0. The average molecular weight is 361 g/mol. The summed E-state index contributed by atoms with van der Waals surface area (Å²) in [5.74, 6) is 0.396. The lowest BCUT2D eigenvalue weighted by Crippen LogP contribution is -2.27. The lowest BCUT2D eigenvalue weighted by molar-refractivity contribution is 0.0711. The summed E-state index contributed by atoms with van der Waals surface area (Å²) in [4.78, 5) is 23.7. The number of aromatic hydroxyl groups is 1. The van der Waals surface area contributed by atoms with E-state index in [1.54, 1.807) is 54.8 Å². The van der Waals surface area contributed by atoms with Crippen LogP contribution in [0.1, 0.15) is 34.1 Å². The van der Waals surface area contributed by atoms with Crippen LogP contribution < -0.4 is 0 Å². The molecule has 0 radical (unpaired) electrons. The van der Waals surface area contributed by atoms with Crippen LogP contribution in [0.4, 0.5) is 5.69 Å². The van der Waals surface area contributed by atoms with Gasteiger partial charge >= 0.3 is 0 Å². The monoisotopic (exact) mass is 361 g/mol. The summed E-state index contributed by atoms with van der Waals surface area (Å²) in [5.41, 5.74) is 2.23. The summed E-state index contributed by atoms with van der Waals surface area (Å²) in [7, 11) is 0. The first-order valence-corrected chi connectivity index (χ1v) is 8.33. The highest BCUT2D eigenvalue weighted by molar-refractivity contribution is 6.03. The minimum absolute atomic E-state index is 0.0845. The molecule has 4 rings (SSSR count). The lowest BCUT2D eigenvalue weighted by atomic mass is 10.00. The number of nitrogens with zero attached hydrogens (tertiary/aromatic N) is 3. The molecule has 0 saturated carbocycles. The second kappa shape index (κ2) is 6.87. The van der Waals surface area contributed by atoms with Crippen LogP contribution in [-0.4, -0.2) is 21.7 Å². The average Bonchev–Trinajstić information content (AvgIpc) is 3.38. The van der Waals surface area contributed by atoms with Gasteiger partial charge in [0.15, 0.2) is 0 Å². The van der Waals surface area contributed by atoms with Crippen molar-refractivity contribution in [1.29, 1.82) is 0 Å². The number of carbonyl (C=O) groups is 1. The molecule has 7 nitrogen and oxygen atoms in total. The van der Waals surface area contributed by atoms with Crippen LogP contribution in [0.3, 0.4) is 0 Å². The van der Waals surface area contributed by atoms with Crippen LogP contribution in [-0.2, 0) is 0 Å². The standard InChI is InChI=1S/C20H15N3O4/c24-16-9-5-14(6-10-16)20(25)23-18(13-3-7-15(22-26)8-4-13)12-17(21-23)19-2-1-11-27-19/h1-11,18,24H,12H2. The van der Waals surface area contributed by atoms with Gasteiger partial charge in [0.05, 0.1) is 12.3 Å². The van der Waals surface area contributed by atoms with E-state index in [1.165, 1.54) is 17.1 Å². The first kappa shape index (κ1) is 16.7. The molecule has 0 bridgehead atoms. The van der Waals surface area contributed by atoms with Crippen LogP contribution in [0.5, 0.6) is 5.75 Å². The van der Waals surface area contributed by atoms with Crippen LogP contribution >= 0.6 is 0 Å². The number of phenolic OH excluding ortho intramolecular Hbond substituents is 1. The Labute approximate surface area is 154 Å².